The summed E-state index contributed by atoms with van der Waals surface area (Å²) in [7, 11) is 0. The number of allylic oxidation sites excluding steroid dienone is 1. The molecule has 37 heavy (non-hydrogen) atoms. The first-order valence-corrected chi connectivity index (χ1v) is 11.5. The fourth-order valence-corrected chi connectivity index (χ4v) is 3.20. The van der Waals surface area contributed by atoms with Crippen molar-refractivity contribution in [3.8, 4) is 39.5 Å². The molecule has 0 aromatic heterocycles. The number of esters is 3. The normalized spacial score (nSPS) is 10.2. The molecule has 3 aromatic carbocycles. The van der Waals surface area contributed by atoms with Crippen molar-refractivity contribution in [2.45, 2.75) is 27.7 Å². The Kier molecular flexibility index (Phi) is 8.59. The Balaban J connectivity index is 1.95. The molecule has 0 saturated heterocycles. The highest BCUT2D eigenvalue weighted by Crippen LogP contribution is 2.36. The zero-order valence-electron chi connectivity index (χ0n) is 21.3. The molecule has 3 aromatic rings. The van der Waals surface area contributed by atoms with Gasteiger partial charge in [0.25, 0.3) is 0 Å². The quantitative estimate of drug-likeness (QED) is 0.193. The first kappa shape index (κ1) is 26.9. The van der Waals surface area contributed by atoms with Crippen LogP contribution in [0.5, 0.6) is 17.2 Å². The van der Waals surface area contributed by atoms with Gasteiger partial charge in [-0.25, -0.2) is 14.4 Å². The van der Waals surface area contributed by atoms with Crippen LogP contribution in [0.3, 0.4) is 0 Å². The fourth-order valence-electron chi connectivity index (χ4n) is 3.20. The molecular formula is C31H28O6. The molecule has 188 valence electrons. The van der Waals surface area contributed by atoms with E-state index >= 15 is 0 Å². The van der Waals surface area contributed by atoms with Crippen molar-refractivity contribution in [3.63, 3.8) is 0 Å². The minimum atomic E-state index is -0.506. The summed E-state index contributed by atoms with van der Waals surface area (Å²) in [6.07, 6.45) is 1.42. The zero-order valence-corrected chi connectivity index (χ0v) is 21.3. The summed E-state index contributed by atoms with van der Waals surface area (Å²) in [5.74, 6) is -0.350. The van der Waals surface area contributed by atoms with Gasteiger partial charge < -0.3 is 14.2 Å². The van der Waals surface area contributed by atoms with Gasteiger partial charge in [-0.05, 0) is 74.7 Å². The summed E-state index contributed by atoms with van der Waals surface area (Å²) in [5, 5.41) is 0. The second-order valence-electron chi connectivity index (χ2n) is 8.74. The molecule has 0 aliphatic rings. The molecule has 0 aliphatic carbocycles. The van der Waals surface area contributed by atoms with Crippen LogP contribution in [0.25, 0.3) is 22.3 Å². The molecule has 0 aliphatic heterocycles. The summed E-state index contributed by atoms with van der Waals surface area (Å²) in [6.45, 7) is 13.9. The lowest BCUT2D eigenvalue weighted by Crippen LogP contribution is -2.08. The maximum atomic E-state index is 12.5. The number of carbonyl (C=O) groups excluding carboxylic acids is 3. The lowest BCUT2D eigenvalue weighted by molar-refractivity contribution is -0.130. The van der Waals surface area contributed by atoms with Gasteiger partial charge in [-0.1, -0.05) is 55.1 Å². The van der Waals surface area contributed by atoms with Crippen molar-refractivity contribution in [3.05, 3.63) is 103 Å². The first-order valence-electron chi connectivity index (χ1n) is 11.5. The van der Waals surface area contributed by atoms with Crippen molar-refractivity contribution in [1.29, 1.82) is 0 Å². The molecule has 0 heterocycles. The van der Waals surface area contributed by atoms with E-state index in [-0.39, 0.29) is 0 Å². The van der Waals surface area contributed by atoms with E-state index in [4.69, 9.17) is 14.2 Å². The number of benzene rings is 3. The molecule has 3 rings (SSSR count). The second-order valence-corrected chi connectivity index (χ2v) is 8.74. The largest absolute Gasteiger partial charge is 0.423 e. The first-order chi connectivity index (χ1) is 17.5. The molecule has 0 atom stereocenters. The smallest absolute Gasteiger partial charge is 0.338 e. The molecular weight excluding hydrogens is 468 g/mol. The van der Waals surface area contributed by atoms with E-state index in [0.717, 1.165) is 22.3 Å². The molecule has 0 N–H and O–H groups in total. The minimum absolute atomic E-state index is 0.301. The molecule has 0 unspecified atom stereocenters. The Morgan fingerprint density at radius 1 is 0.622 bits per heavy atom. The molecule has 6 nitrogen and oxygen atoms in total. The Labute approximate surface area is 216 Å². The highest BCUT2D eigenvalue weighted by molar-refractivity contribution is 5.90. The molecule has 0 spiro atoms. The predicted octanol–water partition coefficient (Wildman–Crippen LogP) is 6.86. The maximum Gasteiger partial charge on any atom is 0.338 e. The summed E-state index contributed by atoms with van der Waals surface area (Å²) in [6, 6.07) is 19.4. The molecule has 0 amide bonds. The summed E-state index contributed by atoms with van der Waals surface area (Å²) < 4.78 is 16.2. The van der Waals surface area contributed by atoms with Gasteiger partial charge in [0, 0.05) is 22.8 Å². The van der Waals surface area contributed by atoms with Gasteiger partial charge in [0.1, 0.15) is 17.2 Å². The minimum Gasteiger partial charge on any atom is -0.423 e. The van der Waals surface area contributed by atoms with Crippen LogP contribution in [0.1, 0.15) is 27.7 Å². The van der Waals surface area contributed by atoms with Crippen LogP contribution in [0.15, 0.2) is 103 Å². The third-order valence-electron chi connectivity index (χ3n) is 5.07. The van der Waals surface area contributed by atoms with E-state index in [1.807, 2.05) is 38.1 Å². The third-order valence-corrected chi connectivity index (χ3v) is 5.07. The zero-order chi connectivity index (χ0) is 27.1. The van der Waals surface area contributed by atoms with E-state index in [1.54, 1.807) is 56.3 Å². The average molecular weight is 497 g/mol. The summed E-state index contributed by atoms with van der Waals surface area (Å²) >= 11 is 0. The van der Waals surface area contributed by atoms with Crippen LogP contribution in [0, 0.1) is 0 Å². The lowest BCUT2D eigenvalue weighted by atomic mass is 9.99. The Bertz CT molecular complexity index is 1390. The van der Waals surface area contributed by atoms with Gasteiger partial charge in [-0.2, -0.15) is 0 Å². The van der Waals surface area contributed by atoms with Crippen molar-refractivity contribution in [2.24, 2.45) is 0 Å². The number of ether oxygens (including phenoxy) is 3. The topological polar surface area (TPSA) is 78.9 Å². The van der Waals surface area contributed by atoms with Gasteiger partial charge in [0.2, 0.25) is 0 Å². The fraction of sp³-hybridized carbons (Fsp3) is 0.129. The van der Waals surface area contributed by atoms with E-state index < -0.39 is 17.9 Å². The SMILES string of the molecule is C=C(C)C(=O)Oc1ccc(-c2ccc(-c3ccc(OC(=O)C(=C)C)cc3)c(OC(=O)C=C(C)C)c2)cc1. The van der Waals surface area contributed by atoms with Crippen molar-refractivity contribution in [2.75, 3.05) is 0 Å². The Morgan fingerprint density at radius 3 is 1.54 bits per heavy atom. The molecule has 0 radical (unpaired) electrons. The molecule has 6 heteroatoms. The average Bonchev–Trinajstić information content (AvgIpc) is 2.84. The highest BCUT2D eigenvalue weighted by Gasteiger charge is 2.14. The van der Waals surface area contributed by atoms with E-state index in [9.17, 15) is 14.4 Å². The second kappa shape index (κ2) is 11.8. The van der Waals surface area contributed by atoms with Gasteiger partial charge in [0.15, 0.2) is 0 Å². The summed E-state index contributed by atoms with van der Waals surface area (Å²) in [4.78, 5) is 36.0. The number of hydrogen-bond acceptors (Lipinski definition) is 6. The summed E-state index contributed by atoms with van der Waals surface area (Å²) in [5.41, 5.74) is 4.51. The van der Waals surface area contributed by atoms with Crippen LogP contribution in [0.4, 0.5) is 0 Å². The van der Waals surface area contributed by atoms with Gasteiger partial charge in [-0.15, -0.1) is 0 Å². The number of hydrogen-bond donors (Lipinski definition) is 0. The highest BCUT2D eigenvalue weighted by atomic mass is 16.5. The van der Waals surface area contributed by atoms with Crippen molar-refractivity contribution in [1.82, 2.24) is 0 Å². The predicted molar refractivity (Wildman–Crippen MR) is 143 cm³/mol. The van der Waals surface area contributed by atoms with Crippen LogP contribution in [0.2, 0.25) is 0 Å². The van der Waals surface area contributed by atoms with E-state index in [1.165, 1.54) is 6.08 Å². The molecule has 0 saturated carbocycles. The standard InChI is InChI=1S/C31H28O6/c1-19(2)17-29(32)37-28-18-24(22-7-12-25(13-8-22)35-30(33)20(3)4)11-16-27(28)23-9-14-26(15-10-23)36-31(34)21(5)6/h7-18H,3,5H2,1-2,4,6H3. The van der Waals surface area contributed by atoms with Crippen molar-refractivity contribution < 1.29 is 28.6 Å². The number of rotatable bonds is 8. The maximum absolute atomic E-state index is 12.5. The van der Waals surface area contributed by atoms with Crippen LogP contribution in [-0.2, 0) is 14.4 Å². The monoisotopic (exact) mass is 496 g/mol. The van der Waals surface area contributed by atoms with Gasteiger partial charge in [-0.3, -0.25) is 0 Å². The molecule has 0 fully saturated rings. The van der Waals surface area contributed by atoms with Crippen LogP contribution in [-0.4, -0.2) is 17.9 Å². The molecule has 0 bridgehead atoms. The third kappa shape index (κ3) is 7.39. The number of carbonyl (C=O) groups is 3. The van der Waals surface area contributed by atoms with Gasteiger partial charge >= 0.3 is 17.9 Å². The Hall–Kier alpha value is -4.71. The van der Waals surface area contributed by atoms with Crippen LogP contribution < -0.4 is 14.2 Å². The Morgan fingerprint density at radius 2 is 1.08 bits per heavy atom. The lowest BCUT2D eigenvalue weighted by Gasteiger charge is -2.13. The van der Waals surface area contributed by atoms with E-state index in [2.05, 4.69) is 13.2 Å². The van der Waals surface area contributed by atoms with Crippen LogP contribution >= 0.6 is 0 Å². The van der Waals surface area contributed by atoms with E-state index in [0.29, 0.717) is 34.0 Å². The van der Waals surface area contributed by atoms with Gasteiger partial charge in [0.05, 0.1) is 0 Å². The van der Waals surface area contributed by atoms with Crippen molar-refractivity contribution >= 4 is 17.9 Å².